The molecule has 0 atom stereocenters. The fourth-order valence-electron chi connectivity index (χ4n) is 4.90. The molecule has 2 aliphatic rings. The van der Waals surface area contributed by atoms with Crippen molar-refractivity contribution in [2.75, 3.05) is 31.3 Å². The fourth-order valence-corrected chi connectivity index (χ4v) is 4.90. The number of benzene rings is 1. The van der Waals surface area contributed by atoms with E-state index in [4.69, 9.17) is 4.74 Å². The molecule has 33 heavy (non-hydrogen) atoms. The molecular formula is C26H33N3O4. The summed E-state index contributed by atoms with van der Waals surface area (Å²) >= 11 is 0. The smallest absolute Gasteiger partial charge is 0.253 e. The number of amides is 1. The van der Waals surface area contributed by atoms with Crippen molar-refractivity contribution in [2.45, 2.75) is 51.6 Å². The van der Waals surface area contributed by atoms with Crippen molar-refractivity contribution in [3.8, 4) is 0 Å². The lowest BCUT2D eigenvalue weighted by molar-refractivity contribution is 0.0834. The van der Waals surface area contributed by atoms with E-state index in [0.29, 0.717) is 37.3 Å². The minimum absolute atomic E-state index is 0.0437. The van der Waals surface area contributed by atoms with E-state index in [-0.39, 0.29) is 30.7 Å². The van der Waals surface area contributed by atoms with E-state index >= 15 is 0 Å². The maximum atomic E-state index is 13.3. The number of aliphatic hydroxyl groups excluding tert-OH is 1. The summed E-state index contributed by atoms with van der Waals surface area (Å²) in [6.07, 6.45) is 8.23. The van der Waals surface area contributed by atoms with Gasteiger partial charge in [0.1, 0.15) is 0 Å². The van der Waals surface area contributed by atoms with E-state index in [2.05, 4.69) is 27.4 Å². The van der Waals surface area contributed by atoms with Crippen LogP contribution in [0.5, 0.6) is 0 Å². The Bertz CT molecular complexity index is 1070. The Labute approximate surface area is 194 Å². The van der Waals surface area contributed by atoms with Gasteiger partial charge in [-0.2, -0.15) is 0 Å². The average molecular weight is 452 g/mol. The van der Waals surface area contributed by atoms with E-state index < -0.39 is 0 Å². The van der Waals surface area contributed by atoms with Gasteiger partial charge in [-0.3, -0.25) is 9.59 Å². The molecule has 3 heterocycles. The molecule has 3 N–H and O–H groups in total. The van der Waals surface area contributed by atoms with Crippen molar-refractivity contribution in [1.29, 1.82) is 0 Å². The highest BCUT2D eigenvalue weighted by molar-refractivity contribution is 5.97. The third-order valence-corrected chi connectivity index (χ3v) is 6.54. The second kappa shape index (κ2) is 10.8. The quantitative estimate of drug-likeness (QED) is 0.622. The molecule has 2 aliphatic heterocycles. The van der Waals surface area contributed by atoms with Crippen LogP contribution < -0.4 is 15.8 Å². The number of pyridine rings is 1. The Balaban J connectivity index is 1.71. The number of aryl methyl sites for hydroxylation is 2. The van der Waals surface area contributed by atoms with Gasteiger partial charge in [-0.05, 0) is 68.4 Å². The number of nitrogens with zero attached hydrogens (tertiary/aromatic N) is 1. The number of aromatic nitrogens is 1. The average Bonchev–Trinajstić information content (AvgIpc) is 2.81. The first-order chi connectivity index (χ1) is 16.1. The van der Waals surface area contributed by atoms with Gasteiger partial charge in [0.05, 0.1) is 6.61 Å². The van der Waals surface area contributed by atoms with Crippen molar-refractivity contribution in [3.05, 3.63) is 74.7 Å². The van der Waals surface area contributed by atoms with Gasteiger partial charge in [-0.25, -0.2) is 0 Å². The number of fused-ring (bicyclic) bond motifs is 2. The first kappa shape index (κ1) is 23.3. The number of nitrogens with one attached hydrogen (secondary N) is 2. The number of carbonyl (C=O) groups excluding carboxylic acids is 1. The zero-order chi connectivity index (χ0) is 23.2. The second-order valence-corrected chi connectivity index (χ2v) is 8.75. The summed E-state index contributed by atoms with van der Waals surface area (Å²) in [6, 6.07) is 8.04. The maximum Gasteiger partial charge on any atom is 0.253 e. The summed E-state index contributed by atoms with van der Waals surface area (Å²) in [7, 11) is 0. The number of rotatable bonds is 4. The van der Waals surface area contributed by atoms with Crippen LogP contribution in [0.25, 0.3) is 0 Å². The summed E-state index contributed by atoms with van der Waals surface area (Å²) in [6.45, 7) is 4.03. The summed E-state index contributed by atoms with van der Waals surface area (Å²) in [4.78, 5) is 30.9. The monoisotopic (exact) mass is 451 g/mol. The number of aliphatic hydroxyl groups is 1. The summed E-state index contributed by atoms with van der Waals surface area (Å²) in [5.74, 6) is -0.192. The Morgan fingerprint density at radius 1 is 1.15 bits per heavy atom. The van der Waals surface area contributed by atoms with Gasteiger partial charge < -0.3 is 25.0 Å². The molecular weight excluding hydrogens is 418 g/mol. The molecule has 2 aromatic rings. The molecule has 1 aromatic heterocycles. The SMILES string of the molecule is Cc1cc2c(c(=O)[nH]1)CNC(=O)c1cccc(N(CCO)C3CCOCC3)c1C/C=C/CC2. The molecule has 7 heteroatoms. The van der Waals surface area contributed by atoms with Gasteiger partial charge in [-0.1, -0.05) is 18.2 Å². The predicted molar refractivity (Wildman–Crippen MR) is 129 cm³/mol. The number of hydrogen-bond acceptors (Lipinski definition) is 5. The molecule has 0 spiro atoms. The van der Waals surface area contributed by atoms with Crippen LogP contribution in [0.4, 0.5) is 5.69 Å². The topological polar surface area (TPSA) is 94.7 Å². The van der Waals surface area contributed by atoms with Crippen molar-refractivity contribution >= 4 is 11.6 Å². The lowest BCUT2D eigenvalue weighted by Gasteiger charge is -2.37. The molecule has 7 nitrogen and oxygen atoms in total. The third kappa shape index (κ3) is 5.37. The number of carbonyl (C=O) groups is 1. The van der Waals surface area contributed by atoms with Crippen LogP contribution in [-0.2, 0) is 24.1 Å². The molecule has 0 unspecified atom stereocenters. The van der Waals surface area contributed by atoms with E-state index in [9.17, 15) is 14.7 Å². The highest BCUT2D eigenvalue weighted by Gasteiger charge is 2.25. The number of aromatic amines is 1. The molecule has 0 aliphatic carbocycles. The van der Waals surface area contributed by atoms with E-state index in [1.54, 1.807) is 0 Å². The zero-order valence-electron chi connectivity index (χ0n) is 19.2. The molecule has 1 aromatic carbocycles. The molecule has 1 amide bonds. The van der Waals surface area contributed by atoms with Gasteiger partial charge >= 0.3 is 0 Å². The number of ether oxygens (including phenoxy) is 1. The normalized spacial score (nSPS) is 18.3. The van der Waals surface area contributed by atoms with Crippen LogP contribution in [0.15, 0.2) is 41.2 Å². The van der Waals surface area contributed by atoms with Crippen molar-refractivity contribution in [3.63, 3.8) is 0 Å². The van der Waals surface area contributed by atoms with Crippen LogP contribution in [0.1, 0.15) is 52.0 Å². The van der Waals surface area contributed by atoms with Gasteiger partial charge in [0, 0.05) is 54.9 Å². The van der Waals surface area contributed by atoms with E-state index in [1.807, 2.05) is 31.2 Å². The lowest BCUT2D eigenvalue weighted by Crippen LogP contribution is -2.42. The van der Waals surface area contributed by atoms with Crippen LogP contribution >= 0.6 is 0 Å². The van der Waals surface area contributed by atoms with E-state index in [0.717, 1.165) is 48.2 Å². The molecule has 176 valence electrons. The lowest BCUT2D eigenvalue weighted by atomic mass is 9.96. The minimum Gasteiger partial charge on any atom is -0.395 e. The highest BCUT2D eigenvalue weighted by Crippen LogP contribution is 2.30. The van der Waals surface area contributed by atoms with Crippen LogP contribution in [-0.4, -0.2) is 48.4 Å². The Kier molecular flexibility index (Phi) is 7.62. The van der Waals surface area contributed by atoms with Gasteiger partial charge in [0.25, 0.3) is 11.5 Å². The van der Waals surface area contributed by atoms with Crippen LogP contribution in [0, 0.1) is 6.92 Å². The molecule has 0 saturated carbocycles. The fraction of sp³-hybridized carbons (Fsp3) is 0.462. The maximum absolute atomic E-state index is 13.3. The van der Waals surface area contributed by atoms with Gasteiger partial charge in [0.15, 0.2) is 0 Å². The first-order valence-corrected chi connectivity index (χ1v) is 11.8. The molecule has 0 bridgehead atoms. The second-order valence-electron chi connectivity index (χ2n) is 8.75. The third-order valence-electron chi connectivity index (χ3n) is 6.54. The number of H-pyrrole nitrogens is 1. The first-order valence-electron chi connectivity index (χ1n) is 11.8. The summed E-state index contributed by atoms with van der Waals surface area (Å²) in [5, 5.41) is 12.8. The standard InChI is InChI=1S/C26H33N3O4/c1-18-16-19-6-3-2-4-7-21-22(25(31)27-17-23(19)26(32)28-18)8-5-9-24(21)29(12-13-30)20-10-14-33-15-11-20/h2,4-5,8-9,16,20,30H,3,6-7,10-15,17H2,1H3,(H,27,31)(H,28,32)/b4-2+. The summed E-state index contributed by atoms with van der Waals surface area (Å²) < 4.78 is 5.54. The molecule has 0 radical (unpaired) electrons. The zero-order valence-corrected chi connectivity index (χ0v) is 19.2. The van der Waals surface area contributed by atoms with Crippen molar-refractivity contribution < 1.29 is 14.6 Å². The highest BCUT2D eigenvalue weighted by atomic mass is 16.5. The van der Waals surface area contributed by atoms with Gasteiger partial charge in [0.2, 0.25) is 0 Å². The van der Waals surface area contributed by atoms with Crippen molar-refractivity contribution in [2.24, 2.45) is 0 Å². The van der Waals surface area contributed by atoms with Crippen LogP contribution in [0.3, 0.4) is 0 Å². The Morgan fingerprint density at radius 2 is 1.97 bits per heavy atom. The molecule has 1 saturated heterocycles. The van der Waals surface area contributed by atoms with Crippen molar-refractivity contribution in [1.82, 2.24) is 10.3 Å². The predicted octanol–water partition coefficient (Wildman–Crippen LogP) is 2.64. The van der Waals surface area contributed by atoms with E-state index in [1.165, 1.54) is 0 Å². The van der Waals surface area contributed by atoms with Crippen LogP contribution in [0.2, 0.25) is 0 Å². The minimum atomic E-state index is -0.192. The largest absolute Gasteiger partial charge is 0.395 e. The number of anilines is 1. The number of allylic oxidation sites excluding steroid dienone is 2. The molecule has 1 fully saturated rings. The summed E-state index contributed by atoms with van der Waals surface area (Å²) in [5.41, 5.74) is 4.82. The molecule has 4 rings (SSSR count). The Morgan fingerprint density at radius 3 is 2.76 bits per heavy atom. The number of hydrogen-bond donors (Lipinski definition) is 3. The van der Waals surface area contributed by atoms with Gasteiger partial charge in [-0.15, -0.1) is 0 Å². The Hall–Kier alpha value is -2.90.